The van der Waals surface area contributed by atoms with Crippen molar-refractivity contribution in [1.82, 2.24) is 5.01 Å². The fraction of sp³-hybridized carbons (Fsp3) is 0.162. The van der Waals surface area contributed by atoms with Gasteiger partial charge < -0.3 is 0 Å². The first-order valence-corrected chi connectivity index (χ1v) is 20.9. The van der Waals surface area contributed by atoms with Crippen molar-refractivity contribution in [3.63, 3.8) is 0 Å². The first kappa shape index (κ1) is 27.8. The first-order chi connectivity index (χ1) is 20.4. The molecule has 2 nitrogen and oxygen atoms in total. The monoisotopic (exact) mass is 662 g/mol. The van der Waals surface area contributed by atoms with Crippen LogP contribution in [0.5, 0.6) is 0 Å². The number of hydrogen-bond acceptors (Lipinski definition) is 2. The van der Waals surface area contributed by atoms with Gasteiger partial charge in [0.15, 0.2) is 0 Å². The van der Waals surface area contributed by atoms with E-state index in [1.165, 1.54) is 39.5 Å². The van der Waals surface area contributed by atoms with Crippen LogP contribution in [0.4, 0.5) is 0 Å². The Labute approximate surface area is 253 Å². The summed E-state index contributed by atoms with van der Waals surface area (Å²) >= 11 is -2.85. The fourth-order valence-corrected chi connectivity index (χ4v) is 18.1. The normalized spacial score (nSPS) is 15.1. The average molecular weight is 660 g/mol. The molecular weight excluding hydrogens is 624 g/mol. The second-order valence-electron chi connectivity index (χ2n) is 10.6. The minimum atomic E-state index is -3.37. The van der Waals surface area contributed by atoms with E-state index in [9.17, 15) is 0 Å². The van der Waals surface area contributed by atoms with E-state index in [0.29, 0.717) is 21.0 Å². The van der Waals surface area contributed by atoms with Crippen LogP contribution in [-0.2, 0) is 0 Å². The molecule has 4 heteroatoms. The summed E-state index contributed by atoms with van der Waals surface area (Å²) in [4.78, 5) is 0. The van der Waals surface area contributed by atoms with Crippen LogP contribution in [0.2, 0.25) is 5.32 Å². The molecule has 5 aromatic carbocycles. The van der Waals surface area contributed by atoms with E-state index in [2.05, 4.69) is 157 Å². The Balaban J connectivity index is 1.40. The number of rotatable bonds is 12. The minimum absolute atomic E-state index is 0.370. The molecule has 0 radical (unpaired) electrons. The van der Waals surface area contributed by atoms with Crippen molar-refractivity contribution in [2.75, 3.05) is 6.54 Å². The Morgan fingerprint density at radius 1 is 0.610 bits per heavy atom. The summed E-state index contributed by atoms with van der Waals surface area (Å²) in [6, 6.07) is 56.1. The standard InChI is InChI=1S/C37H36GeN2Se/c1-6-18-31(19-7-1)36-30-40(36)39-37(28-16-17-29-41-35-26-14-5-15-27-35)38(32-20-8-2-9-21-32,33-22-10-3-11-23-33)34-24-12-4-13-25-34/h1-15,18-27,36H,16-17,28-30H2/b39-37-. The number of unbranched alkanes of at least 4 members (excludes halogenated alkanes) is 1. The maximum absolute atomic E-state index is 5.64. The summed E-state index contributed by atoms with van der Waals surface area (Å²) in [5, 5.41) is 9.25. The third-order valence-electron chi connectivity index (χ3n) is 7.89. The molecule has 1 aliphatic heterocycles. The van der Waals surface area contributed by atoms with Crippen molar-refractivity contribution >= 4 is 50.4 Å². The van der Waals surface area contributed by atoms with E-state index < -0.39 is 13.3 Å². The summed E-state index contributed by atoms with van der Waals surface area (Å²) in [5.74, 6) is 0. The molecule has 1 aliphatic rings. The Hall–Kier alpha value is -3.37. The summed E-state index contributed by atoms with van der Waals surface area (Å²) in [5.41, 5.74) is 1.36. The van der Waals surface area contributed by atoms with Gasteiger partial charge in [-0.1, -0.05) is 0 Å². The maximum atomic E-state index is 5.64. The van der Waals surface area contributed by atoms with Crippen LogP contribution in [0.1, 0.15) is 30.9 Å². The van der Waals surface area contributed by atoms with Gasteiger partial charge in [-0.15, -0.1) is 0 Å². The van der Waals surface area contributed by atoms with Crippen molar-refractivity contribution < 1.29 is 0 Å². The second kappa shape index (κ2) is 13.5. The topological polar surface area (TPSA) is 15.4 Å². The van der Waals surface area contributed by atoms with Gasteiger partial charge in [-0.3, -0.25) is 0 Å². The fourth-order valence-electron chi connectivity index (χ4n) is 5.83. The zero-order chi connectivity index (χ0) is 27.7. The van der Waals surface area contributed by atoms with Gasteiger partial charge >= 0.3 is 255 Å². The van der Waals surface area contributed by atoms with Crippen LogP contribution >= 0.6 is 0 Å². The summed E-state index contributed by atoms with van der Waals surface area (Å²) in [6.45, 7) is 0.987. The van der Waals surface area contributed by atoms with Gasteiger partial charge in [0.2, 0.25) is 0 Å². The molecule has 0 N–H and O–H groups in total. The molecule has 41 heavy (non-hydrogen) atoms. The number of benzene rings is 5. The first-order valence-electron chi connectivity index (χ1n) is 14.6. The van der Waals surface area contributed by atoms with E-state index in [1.807, 2.05) is 0 Å². The molecule has 1 saturated heterocycles. The van der Waals surface area contributed by atoms with Crippen LogP contribution in [0, 0.1) is 0 Å². The molecular formula is C37H36GeN2Se. The van der Waals surface area contributed by atoms with E-state index in [-0.39, 0.29) is 0 Å². The zero-order valence-corrected chi connectivity index (χ0v) is 27.2. The number of nitrogens with zero attached hydrogens (tertiary/aromatic N) is 2. The van der Waals surface area contributed by atoms with E-state index >= 15 is 0 Å². The van der Waals surface area contributed by atoms with Crippen molar-refractivity contribution in [2.24, 2.45) is 5.10 Å². The summed E-state index contributed by atoms with van der Waals surface area (Å²) in [7, 11) is 0. The van der Waals surface area contributed by atoms with E-state index in [0.717, 1.165) is 19.4 Å². The van der Waals surface area contributed by atoms with E-state index in [4.69, 9.17) is 5.10 Å². The Bertz CT molecular complexity index is 1430. The molecule has 0 amide bonds. The summed E-state index contributed by atoms with van der Waals surface area (Å²) in [6.07, 6.45) is 3.42. The third-order valence-corrected chi connectivity index (χ3v) is 20.3. The predicted molar refractivity (Wildman–Crippen MR) is 178 cm³/mol. The van der Waals surface area contributed by atoms with Gasteiger partial charge in [0.1, 0.15) is 0 Å². The van der Waals surface area contributed by atoms with Gasteiger partial charge in [0, 0.05) is 0 Å². The quantitative estimate of drug-likeness (QED) is 0.0724. The molecule has 0 bridgehead atoms. The zero-order valence-electron chi connectivity index (χ0n) is 23.3. The molecule has 0 saturated carbocycles. The van der Waals surface area contributed by atoms with Crippen molar-refractivity contribution in [3.05, 3.63) is 157 Å². The molecule has 5 aromatic rings. The molecule has 204 valence electrons. The van der Waals surface area contributed by atoms with Crippen molar-refractivity contribution in [2.45, 2.75) is 30.6 Å². The van der Waals surface area contributed by atoms with E-state index in [1.54, 1.807) is 0 Å². The molecule has 0 spiro atoms. The van der Waals surface area contributed by atoms with Gasteiger partial charge in [0.25, 0.3) is 0 Å². The van der Waals surface area contributed by atoms with Gasteiger partial charge in [-0.25, -0.2) is 0 Å². The number of hydrogen-bond donors (Lipinski definition) is 0. The molecule has 1 fully saturated rings. The van der Waals surface area contributed by atoms with Crippen molar-refractivity contribution in [1.29, 1.82) is 0 Å². The Morgan fingerprint density at radius 3 is 1.59 bits per heavy atom. The van der Waals surface area contributed by atoms with Gasteiger partial charge in [-0.05, 0) is 0 Å². The van der Waals surface area contributed by atoms with Gasteiger partial charge in [0.05, 0.1) is 0 Å². The number of hydrazone groups is 1. The van der Waals surface area contributed by atoms with Gasteiger partial charge in [-0.2, -0.15) is 0 Å². The molecule has 1 heterocycles. The SMILES string of the molecule is c1ccc([Se]CCCC/[C](=N/N2CC2c2ccccc2)[Ge]([c]2ccccc2)([c]2ccccc2)[c]2ccccc2)cc1. The molecule has 1 unspecified atom stereocenters. The predicted octanol–water partition coefficient (Wildman–Crippen LogP) is 5.73. The van der Waals surface area contributed by atoms with Crippen LogP contribution in [0.25, 0.3) is 0 Å². The van der Waals surface area contributed by atoms with Crippen molar-refractivity contribution in [3.8, 4) is 0 Å². The molecule has 0 aliphatic carbocycles. The van der Waals surface area contributed by atoms with Crippen LogP contribution in [0.15, 0.2) is 157 Å². The third kappa shape index (κ3) is 6.43. The average Bonchev–Trinajstić information content (AvgIpc) is 3.83. The molecule has 1 atom stereocenters. The van der Waals surface area contributed by atoms with Crippen LogP contribution in [0.3, 0.4) is 0 Å². The Morgan fingerprint density at radius 2 is 1.07 bits per heavy atom. The summed E-state index contributed by atoms with van der Waals surface area (Å²) < 4.78 is 7.27. The van der Waals surface area contributed by atoms with Crippen LogP contribution in [-0.4, -0.2) is 44.3 Å². The van der Waals surface area contributed by atoms with Crippen LogP contribution < -0.4 is 17.6 Å². The second-order valence-corrected chi connectivity index (χ2v) is 21.0. The molecule has 0 aromatic heterocycles. The molecule has 6 rings (SSSR count). The Kier molecular flexibility index (Phi) is 9.17.